The van der Waals surface area contributed by atoms with E-state index in [0.717, 1.165) is 23.5 Å². The van der Waals surface area contributed by atoms with Crippen molar-refractivity contribution in [2.75, 3.05) is 20.3 Å². The summed E-state index contributed by atoms with van der Waals surface area (Å²) in [7, 11) is 1.64. The summed E-state index contributed by atoms with van der Waals surface area (Å²) in [6, 6.07) is 5.88. The van der Waals surface area contributed by atoms with Gasteiger partial charge >= 0.3 is 0 Å². The van der Waals surface area contributed by atoms with Crippen molar-refractivity contribution in [2.45, 2.75) is 25.5 Å². The molecule has 0 amide bonds. The van der Waals surface area contributed by atoms with Gasteiger partial charge in [0.15, 0.2) is 11.5 Å². The minimum Gasteiger partial charge on any atom is -0.493 e. The highest BCUT2D eigenvalue weighted by Crippen LogP contribution is 2.29. The Morgan fingerprint density at radius 2 is 2.18 bits per heavy atom. The molecule has 0 spiro atoms. The van der Waals surface area contributed by atoms with Crippen molar-refractivity contribution >= 4 is 0 Å². The van der Waals surface area contributed by atoms with Crippen LogP contribution in [0.3, 0.4) is 0 Å². The van der Waals surface area contributed by atoms with Crippen molar-refractivity contribution in [1.82, 2.24) is 0 Å². The number of hydrogen-bond acceptors (Lipinski definition) is 4. The Morgan fingerprint density at radius 3 is 2.88 bits per heavy atom. The summed E-state index contributed by atoms with van der Waals surface area (Å²) in [6.45, 7) is 3.27. The van der Waals surface area contributed by atoms with Crippen molar-refractivity contribution in [3.05, 3.63) is 23.8 Å². The first-order valence-corrected chi connectivity index (χ1v) is 5.85. The summed E-state index contributed by atoms with van der Waals surface area (Å²) >= 11 is 0. The smallest absolute Gasteiger partial charge is 0.161 e. The molecule has 1 aliphatic heterocycles. The van der Waals surface area contributed by atoms with Crippen molar-refractivity contribution in [2.24, 2.45) is 5.73 Å². The number of nitrogens with two attached hydrogens (primary N) is 1. The summed E-state index contributed by atoms with van der Waals surface area (Å²) < 4.78 is 16.5. The second-order valence-electron chi connectivity index (χ2n) is 4.34. The van der Waals surface area contributed by atoms with E-state index < -0.39 is 0 Å². The average molecular weight is 237 g/mol. The Balaban J connectivity index is 2.11. The lowest BCUT2D eigenvalue weighted by Gasteiger charge is -2.29. The van der Waals surface area contributed by atoms with E-state index in [1.165, 1.54) is 0 Å². The van der Waals surface area contributed by atoms with E-state index >= 15 is 0 Å². The van der Waals surface area contributed by atoms with Gasteiger partial charge in [-0.05, 0) is 31.0 Å². The SMILES string of the molecule is COc1cc(C)ccc1OC1COCCC1N. The molecular weight excluding hydrogens is 218 g/mol. The summed E-state index contributed by atoms with van der Waals surface area (Å²) in [6.07, 6.45) is 0.735. The summed E-state index contributed by atoms with van der Waals surface area (Å²) in [5, 5.41) is 0. The van der Waals surface area contributed by atoms with Crippen molar-refractivity contribution in [3.8, 4) is 11.5 Å². The normalized spacial score (nSPS) is 24.4. The van der Waals surface area contributed by atoms with Crippen LogP contribution in [0.25, 0.3) is 0 Å². The highest BCUT2D eigenvalue weighted by molar-refractivity contribution is 5.42. The van der Waals surface area contributed by atoms with Gasteiger partial charge in [0, 0.05) is 12.6 Å². The number of aryl methyl sites for hydroxylation is 1. The van der Waals surface area contributed by atoms with E-state index in [4.69, 9.17) is 19.9 Å². The standard InChI is InChI=1S/C13H19NO3/c1-9-3-4-11(12(7-9)15-2)17-13-8-16-6-5-10(13)14/h3-4,7,10,13H,5-6,8,14H2,1-2H3. The fourth-order valence-corrected chi connectivity index (χ4v) is 1.89. The predicted octanol–water partition coefficient (Wildman–Crippen LogP) is 1.50. The maximum atomic E-state index is 6.00. The lowest BCUT2D eigenvalue weighted by Crippen LogP contribution is -2.46. The quantitative estimate of drug-likeness (QED) is 0.865. The van der Waals surface area contributed by atoms with Crippen molar-refractivity contribution in [3.63, 3.8) is 0 Å². The number of ether oxygens (including phenoxy) is 3. The third-order valence-electron chi connectivity index (χ3n) is 2.95. The second kappa shape index (κ2) is 5.38. The molecule has 0 aliphatic carbocycles. The molecule has 94 valence electrons. The van der Waals surface area contributed by atoms with Gasteiger partial charge in [-0.3, -0.25) is 0 Å². The molecule has 2 unspecified atom stereocenters. The highest BCUT2D eigenvalue weighted by Gasteiger charge is 2.25. The highest BCUT2D eigenvalue weighted by atomic mass is 16.5. The monoisotopic (exact) mass is 237 g/mol. The van der Waals surface area contributed by atoms with Gasteiger partial charge in [-0.1, -0.05) is 6.07 Å². The van der Waals surface area contributed by atoms with E-state index in [1.807, 2.05) is 25.1 Å². The van der Waals surface area contributed by atoms with Crippen LogP contribution in [0.5, 0.6) is 11.5 Å². The number of rotatable bonds is 3. The van der Waals surface area contributed by atoms with Crippen LogP contribution in [-0.2, 0) is 4.74 Å². The maximum Gasteiger partial charge on any atom is 0.161 e. The summed E-state index contributed by atoms with van der Waals surface area (Å²) in [5.41, 5.74) is 7.14. The van der Waals surface area contributed by atoms with Gasteiger partial charge in [-0.25, -0.2) is 0 Å². The molecule has 2 rings (SSSR count). The van der Waals surface area contributed by atoms with Gasteiger partial charge in [-0.15, -0.1) is 0 Å². The van der Waals surface area contributed by atoms with Gasteiger partial charge in [0.1, 0.15) is 6.10 Å². The molecule has 1 fully saturated rings. The number of methoxy groups -OCH3 is 1. The molecule has 4 heteroatoms. The van der Waals surface area contributed by atoms with Crippen LogP contribution >= 0.6 is 0 Å². The number of hydrogen-bond donors (Lipinski definition) is 1. The van der Waals surface area contributed by atoms with E-state index in [2.05, 4.69) is 0 Å². The van der Waals surface area contributed by atoms with Crippen molar-refractivity contribution in [1.29, 1.82) is 0 Å². The van der Waals surface area contributed by atoms with Gasteiger partial charge in [0.2, 0.25) is 0 Å². The van der Waals surface area contributed by atoms with Gasteiger partial charge in [0.05, 0.1) is 13.7 Å². The van der Waals surface area contributed by atoms with Crippen LogP contribution in [0, 0.1) is 6.92 Å². The lowest BCUT2D eigenvalue weighted by atomic mass is 10.1. The van der Waals surface area contributed by atoms with Crippen LogP contribution in [-0.4, -0.2) is 32.5 Å². The second-order valence-corrected chi connectivity index (χ2v) is 4.34. The third-order valence-corrected chi connectivity index (χ3v) is 2.95. The van der Waals surface area contributed by atoms with E-state index in [1.54, 1.807) is 7.11 Å². The number of benzene rings is 1. The maximum absolute atomic E-state index is 6.00. The minimum absolute atomic E-state index is 0.0229. The molecular formula is C13H19NO3. The van der Waals surface area contributed by atoms with E-state index in [9.17, 15) is 0 Å². The summed E-state index contributed by atoms with van der Waals surface area (Å²) in [4.78, 5) is 0. The molecule has 1 aliphatic rings. The topological polar surface area (TPSA) is 53.7 Å². The Bertz CT molecular complexity index is 381. The molecule has 1 heterocycles. The van der Waals surface area contributed by atoms with Crippen molar-refractivity contribution < 1.29 is 14.2 Å². The van der Waals surface area contributed by atoms with Crippen LogP contribution in [0.15, 0.2) is 18.2 Å². The van der Waals surface area contributed by atoms with Gasteiger partial charge in [-0.2, -0.15) is 0 Å². The molecule has 0 bridgehead atoms. The minimum atomic E-state index is -0.0969. The third kappa shape index (κ3) is 2.90. The molecule has 4 nitrogen and oxygen atoms in total. The van der Waals surface area contributed by atoms with Gasteiger partial charge in [0.25, 0.3) is 0 Å². The first kappa shape index (κ1) is 12.2. The van der Waals surface area contributed by atoms with E-state index in [0.29, 0.717) is 13.2 Å². The molecule has 0 radical (unpaired) electrons. The summed E-state index contributed by atoms with van der Waals surface area (Å²) in [5.74, 6) is 1.46. The first-order chi connectivity index (χ1) is 8.20. The largest absolute Gasteiger partial charge is 0.493 e. The fourth-order valence-electron chi connectivity index (χ4n) is 1.89. The molecule has 0 saturated carbocycles. The zero-order valence-electron chi connectivity index (χ0n) is 10.3. The Morgan fingerprint density at radius 1 is 1.35 bits per heavy atom. The first-order valence-electron chi connectivity index (χ1n) is 5.85. The predicted molar refractivity (Wildman–Crippen MR) is 65.6 cm³/mol. The molecule has 2 N–H and O–H groups in total. The zero-order chi connectivity index (χ0) is 12.3. The zero-order valence-corrected chi connectivity index (χ0v) is 10.3. The van der Waals surface area contributed by atoms with Crippen LogP contribution < -0.4 is 15.2 Å². The Hall–Kier alpha value is -1.26. The fraction of sp³-hybridized carbons (Fsp3) is 0.538. The molecule has 17 heavy (non-hydrogen) atoms. The Labute approximate surface area is 102 Å². The van der Waals surface area contributed by atoms with Crippen LogP contribution in [0.1, 0.15) is 12.0 Å². The molecule has 0 aromatic heterocycles. The molecule has 1 aromatic rings. The van der Waals surface area contributed by atoms with Gasteiger partial charge < -0.3 is 19.9 Å². The lowest BCUT2D eigenvalue weighted by molar-refractivity contribution is -0.00624. The Kier molecular flexibility index (Phi) is 3.86. The average Bonchev–Trinajstić information content (AvgIpc) is 2.34. The molecule has 2 atom stereocenters. The van der Waals surface area contributed by atoms with Crippen LogP contribution in [0.4, 0.5) is 0 Å². The van der Waals surface area contributed by atoms with Crippen LogP contribution in [0.2, 0.25) is 0 Å². The molecule has 1 aromatic carbocycles. The molecule has 1 saturated heterocycles. The van der Waals surface area contributed by atoms with E-state index in [-0.39, 0.29) is 12.1 Å².